The van der Waals surface area contributed by atoms with E-state index in [1.807, 2.05) is 0 Å². The Labute approximate surface area is 244 Å². The number of rotatable bonds is 10. The average Bonchev–Trinajstić information content (AvgIpc) is 2.57. The van der Waals surface area contributed by atoms with E-state index >= 15 is 0 Å². The maximum atomic E-state index is 9.64. The fraction of sp³-hybridized carbons (Fsp3) is 0.571. The van der Waals surface area contributed by atoms with Crippen LogP contribution in [0, 0.1) is 0 Å². The van der Waals surface area contributed by atoms with Crippen molar-refractivity contribution < 1.29 is 59.4 Å². The summed E-state index contributed by atoms with van der Waals surface area (Å²) in [5.41, 5.74) is 9.81. The first kappa shape index (κ1) is 48.2. The predicted octanol–water partition coefficient (Wildman–Crippen LogP) is -3.23. The third-order valence-corrected chi connectivity index (χ3v) is 1.82. The zero-order valence-electron chi connectivity index (χ0n) is 14.9. The standard InChI is InChI=1S/3C4H6O4.C2H8N2.3Na.3H/c3*5-3(6)1-2-4(7)8;3-1-2-4;;;;;;/h3*1-2H2,(H,5,6)(H,7,8);1-4H2;;;;;;. The minimum absolute atomic E-state index is 0. The molecule has 0 bridgehead atoms. The van der Waals surface area contributed by atoms with Gasteiger partial charge in [-0.3, -0.25) is 28.8 Å². The van der Waals surface area contributed by atoms with Crippen LogP contribution in [0.3, 0.4) is 0 Å². The molecule has 0 aliphatic carbocycles. The number of carboxylic acid groups (broad SMARTS) is 6. The van der Waals surface area contributed by atoms with Crippen molar-refractivity contribution >= 4 is 124 Å². The second-order valence-electron chi connectivity index (χ2n) is 4.44. The molecule has 0 atom stereocenters. The van der Waals surface area contributed by atoms with E-state index < -0.39 is 35.8 Å². The zero-order chi connectivity index (χ0) is 23.1. The van der Waals surface area contributed by atoms with Crippen LogP contribution in [0.2, 0.25) is 0 Å². The third-order valence-electron chi connectivity index (χ3n) is 1.82. The Bertz CT molecular complexity index is 396. The van der Waals surface area contributed by atoms with Gasteiger partial charge in [0.25, 0.3) is 0 Å². The van der Waals surface area contributed by atoms with Crippen LogP contribution in [0.4, 0.5) is 0 Å². The van der Waals surface area contributed by atoms with Crippen LogP contribution in [0.5, 0.6) is 0 Å². The molecular formula is C14H29N2Na3O12. The fourth-order valence-corrected chi connectivity index (χ4v) is 0.642. The van der Waals surface area contributed by atoms with E-state index in [2.05, 4.69) is 0 Å². The molecule has 0 heterocycles. The van der Waals surface area contributed by atoms with Gasteiger partial charge in [-0.2, -0.15) is 0 Å². The molecule has 17 heteroatoms. The average molecular weight is 486 g/mol. The summed E-state index contributed by atoms with van der Waals surface area (Å²) in [5.74, 6) is -6.46. The van der Waals surface area contributed by atoms with Gasteiger partial charge in [0, 0.05) is 13.1 Å². The van der Waals surface area contributed by atoms with Crippen LogP contribution in [0.15, 0.2) is 0 Å². The number of hydrogen-bond acceptors (Lipinski definition) is 8. The predicted molar refractivity (Wildman–Crippen MR) is 113 cm³/mol. The molecular weight excluding hydrogens is 457 g/mol. The summed E-state index contributed by atoms with van der Waals surface area (Å²) in [5, 5.41) is 47.4. The van der Waals surface area contributed by atoms with Gasteiger partial charge >= 0.3 is 124 Å². The molecule has 0 aromatic rings. The minimum atomic E-state index is -1.08. The molecule has 0 fully saturated rings. The summed E-state index contributed by atoms with van der Waals surface area (Å²) in [6.07, 6.45) is -1.78. The van der Waals surface area contributed by atoms with Crippen LogP contribution in [0.25, 0.3) is 0 Å². The van der Waals surface area contributed by atoms with Crippen LogP contribution in [-0.2, 0) is 28.8 Å². The molecule has 0 aliphatic rings. The summed E-state index contributed by atoms with van der Waals surface area (Å²) in [7, 11) is 0. The van der Waals surface area contributed by atoms with Gasteiger partial charge in [-0.1, -0.05) is 0 Å². The van der Waals surface area contributed by atoms with Crippen molar-refractivity contribution in [3.63, 3.8) is 0 Å². The molecule has 0 saturated heterocycles. The Balaban J connectivity index is -0.0000000492. The molecule has 0 aromatic heterocycles. The first-order valence-electron chi connectivity index (χ1n) is 7.50. The van der Waals surface area contributed by atoms with Crippen molar-refractivity contribution in [3.8, 4) is 0 Å². The number of nitrogens with two attached hydrogens (primary N) is 2. The van der Waals surface area contributed by atoms with Crippen molar-refractivity contribution in [1.29, 1.82) is 0 Å². The number of hydrogen-bond donors (Lipinski definition) is 8. The van der Waals surface area contributed by atoms with Gasteiger partial charge in [-0.15, -0.1) is 0 Å². The summed E-state index contributed by atoms with van der Waals surface area (Å²) in [6.45, 7) is 1.19. The van der Waals surface area contributed by atoms with E-state index in [0.717, 1.165) is 0 Å². The third kappa shape index (κ3) is 92.4. The molecule has 0 radical (unpaired) electrons. The van der Waals surface area contributed by atoms with E-state index in [0.29, 0.717) is 13.1 Å². The van der Waals surface area contributed by atoms with E-state index in [4.69, 9.17) is 42.1 Å². The van der Waals surface area contributed by atoms with Crippen molar-refractivity contribution in [3.05, 3.63) is 0 Å². The Morgan fingerprint density at radius 1 is 0.387 bits per heavy atom. The summed E-state index contributed by atoms with van der Waals surface area (Å²) in [6, 6.07) is 0. The zero-order valence-corrected chi connectivity index (χ0v) is 14.9. The Morgan fingerprint density at radius 3 is 0.516 bits per heavy atom. The fourth-order valence-electron chi connectivity index (χ4n) is 0.642. The van der Waals surface area contributed by atoms with Gasteiger partial charge in [0.15, 0.2) is 0 Å². The van der Waals surface area contributed by atoms with Gasteiger partial charge in [0.2, 0.25) is 0 Å². The first-order chi connectivity index (χ1) is 12.8. The molecule has 0 aromatic carbocycles. The van der Waals surface area contributed by atoms with Gasteiger partial charge in [-0.05, 0) is 0 Å². The maximum absolute atomic E-state index is 9.64. The molecule has 0 amide bonds. The molecule has 14 nitrogen and oxygen atoms in total. The van der Waals surface area contributed by atoms with Crippen molar-refractivity contribution in [1.82, 2.24) is 0 Å². The summed E-state index contributed by atoms with van der Waals surface area (Å²) >= 11 is 0. The monoisotopic (exact) mass is 486 g/mol. The molecule has 31 heavy (non-hydrogen) atoms. The quantitative estimate of drug-likeness (QED) is 0.141. The summed E-state index contributed by atoms with van der Waals surface area (Å²) in [4.78, 5) is 57.8. The topological polar surface area (TPSA) is 276 Å². The van der Waals surface area contributed by atoms with E-state index in [1.54, 1.807) is 0 Å². The van der Waals surface area contributed by atoms with Crippen LogP contribution in [-0.4, -0.2) is 168 Å². The van der Waals surface area contributed by atoms with Gasteiger partial charge in [-0.25, -0.2) is 0 Å². The van der Waals surface area contributed by atoms with Crippen molar-refractivity contribution in [2.75, 3.05) is 13.1 Å². The SMILES string of the molecule is NCCN.O=C(O)CCC(=O)O.O=C(O)CCC(=O)O.O=C(O)CCC(=O)O.[NaH].[NaH].[NaH]. The first-order valence-corrected chi connectivity index (χ1v) is 7.50. The molecule has 0 unspecified atom stereocenters. The van der Waals surface area contributed by atoms with Gasteiger partial charge in [0.1, 0.15) is 0 Å². The van der Waals surface area contributed by atoms with E-state index in [9.17, 15) is 28.8 Å². The normalized spacial score (nSPS) is 7.55. The summed E-state index contributed by atoms with van der Waals surface area (Å²) < 4.78 is 0. The second kappa shape index (κ2) is 37.1. The van der Waals surface area contributed by atoms with Crippen LogP contribution >= 0.6 is 0 Å². The van der Waals surface area contributed by atoms with Gasteiger partial charge in [0.05, 0.1) is 38.5 Å². The number of carboxylic acids is 6. The molecule has 0 aliphatic heterocycles. The molecule has 0 spiro atoms. The second-order valence-corrected chi connectivity index (χ2v) is 4.44. The van der Waals surface area contributed by atoms with Crippen LogP contribution in [0.1, 0.15) is 38.5 Å². The Kier molecular flexibility index (Phi) is 57.7. The van der Waals surface area contributed by atoms with E-state index in [-0.39, 0.29) is 127 Å². The van der Waals surface area contributed by atoms with Crippen molar-refractivity contribution in [2.24, 2.45) is 11.5 Å². The van der Waals surface area contributed by atoms with Gasteiger partial charge < -0.3 is 42.1 Å². The molecule has 0 saturated carbocycles. The molecule has 10 N–H and O–H groups in total. The van der Waals surface area contributed by atoms with Crippen LogP contribution < -0.4 is 11.5 Å². The Hall–Kier alpha value is -0.260. The number of carbonyl (C=O) groups is 6. The van der Waals surface area contributed by atoms with Crippen molar-refractivity contribution in [2.45, 2.75) is 38.5 Å². The van der Waals surface area contributed by atoms with E-state index in [1.165, 1.54) is 0 Å². The molecule has 170 valence electrons. The molecule has 0 rings (SSSR count). The number of aliphatic carboxylic acids is 6. The Morgan fingerprint density at radius 2 is 0.484 bits per heavy atom.